The molecule has 1 rings (SSSR count). The summed E-state index contributed by atoms with van der Waals surface area (Å²) >= 11 is 0. The van der Waals surface area contributed by atoms with Gasteiger partial charge in [0.1, 0.15) is 0 Å². The van der Waals surface area contributed by atoms with Gasteiger partial charge in [-0.15, -0.1) is 0 Å². The van der Waals surface area contributed by atoms with Crippen LogP contribution in [0.5, 0.6) is 0 Å². The van der Waals surface area contributed by atoms with Gasteiger partial charge < -0.3 is 5.11 Å². The zero-order valence-corrected chi connectivity index (χ0v) is 13.7. The number of rotatable bonds is 8. The molecule has 0 aromatic rings. The summed E-state index contributed by atoms with van der Waals surface area (Å²) in [4.78, 5) is 0. The van der Waals surface area contributed by atoms with E-state index < -0.39 is 15.8 Å². The highest BCUT2D eigenvalue weighted by Crippen LogP contribution is 2.26. The van der Waals surface area contributed by atoms with Gasteiger partial charge in [-0.05, 0) is 25.7 Å². The molecule has 1 fully saturated rings. The Bertz CT molecular complexity index is 357. The molecule has 1 saturated carbocycles. The Morgan fingerprint density at radius 1 is 1.05 bits per heavy atom. The first-order valence-corrected chi connectivity index (χ1v) is 9.34. The van der Waals surface area contributed by atoms with Crippen LogP contribution in [-0.2, 0) is 10.2 Å². The van der Waals surface area contributed by atoms with E-state index in [1.807, 2.05) is 13.8 Å². The quantitative estimate of drug-likeness (QED) is 0.674. The van der Waals surface area contributed by atoms with Crippen LogP contribution in [0.25, 0.3) is 0 Å². The number of hydrogen-bond donors (Lipinski definition) is 2. The van der Waals surface area contributed by atoms with E-state index in [2.05, 4.69) is 4.72 Å². The highest BCUT2D eigenvalue weighted by molar-refractivity contribution is 7.87. The molecule has 6 heteroatoms. The van der Waals surface area contributed by atoms with Crippen LogP contribution in [0.1, 0.15) is 65.2 Å². The van der Waals surface area contributed by atoms with Gasteiger partial charge in [-0.3, -0.25) is 0 Å². The second-order valence-electron chi connectivity index (χ2n) is 5.86. The van der Waals surface area contributed by atoms with Crippen molar-refractivity contribution in [3.05, 3.63) is 0 Å². The lowest BCUT2D eigenvalue weighted by molar-refractivity contribution is 0.0299. The maximum absolute atomic E-state index is 12.3. The molecule has 0 aromatic heterocycles. The van der Waals surface area contributed by atoms with Crippen LogP contribution in [0.2, 0.25) is 0 Å². The Hall–Kier alpha value is -0.170. The minimum absolute atomic E-state index is 0.138. The molecule has 20 heavy (non-hydrogen) atoms. The fourth-order valence-electron chi connectivity index (χ4n) is 2.73. The second kappa shape index (κ2) is 8.32. The molecular formula is C14H30N2O3S. The highest BCUT2D eigenvalue weighted by Gasteiger charge is 2.31. The molecule has 0 spiro atoms. The van der Waals surface area contributed by atoms with Crippen LogP contribution in [0.4, 0.5) is 0 Å². The Morgan fingerprint density at radius 2 is 1.55 bits per heavy atom. The third-order valence-electron chi connectivity index (χ3n) is 3.90. The smallest absolute Gasteiger partial charge is 0.279 e. The van der Waals surface area contributed by atoms with Gasteiger partial charge in [0.05, 0.1) is 5.60 Å². The van der Waals surface area contributed by atoms with E-state index in [-0.39, 0.29) is 6.54 Å². The lowest BCUT2D eigenvalue weighted by Crippen LogP contribution is -2.48. The maximum Gasteiger partial charge on any atom is 0.279 e. The van der Waals surface area contributed by atoms with Crippen molar-refractivity contribution in [3.63, 3.8) is 0 Å². The van der Waals surface area contributed by atoms with E-state index in [0.717, 1.165) is 38.5 Å². The summed E-state index contributed by atoms with van der Waals surface area (Å²) in [6, 6.07) is 0. The summed E-state index contributed by atoms with van der Waals surface area (Å²) in [7, 11) is -3.47. The van der Waals surface area contributed by atoms with Crippen LogP contribution in [-0.4, -0.2) is 43.1 Å². The van der Waals surface area contributed by atoms with Crippen molar-refractivity contribution in [3.8, 4) is 0 Å². The van der Waals surface area contributed by atoms with Crippen LogP contribution in [0, 0.1) is 0 Å². The lowest BCUT2D eigenvalue weighted by atomic mass is 9.95. The van der Waals surface area contributed by atoms with Gasteiger partial charge in [-0.1, -0.05) is 39.5 Å². The van der Waals surface area contributed by atoms with E-state index in [1.54, 1.807) is 0 Å². The van der Waals surface area contributed by atoms with Crippen molar-refractivity contribution in [2.75, 3.05) is 19.6 Å². The van der Waals surface area contributed by atoms with E-state index >= 15 is 0 Å². The fourth-order valence-corrected chi connectivity index (χ4v) is 4.21. The third-order valence-corrected chi connectivity index (χ3v) is 5.46. The first kappa shape index (κ1) is 17.9. The van der Waals surface area contributed by atoms with E-state index in [4.69, 9.17) is 0 Å². The molecule has 1 aliphatic carbocycles. The van der Waals surface area contributed by atoms with Crippen molar-refractivity contribution in [2.45, 2.75) is 70.8 Å². The maximum atomic E-state index is 12.3. The van der Waals surface area contributed by atoms with E-state index in [1.165, 1.54) is 4.31 Å². The van der Waals surface area contributed by atoms with Gasteiger partial charge in [-0.2, -0.15) is 17.4 Å². The molecule has 0 atom stereocenters. The summed E-state index contributed by atoms with van der Waals surface area (Å²) in [6.07, 6.45) is 7.20. The second-order valence-corrected chi connectivity index (χ2v) is 7.62. The van der Waals surface area contributed by atoms with Crippen LogP contribution in [0.3, 0.4) is 0 Å². The van der Waals surface area contributed by atoms with Crippen LogP contribution >= 0.6 is 0 Å². The summed E-state index contributed by atoms with van der Waals surface area (Å²) in [5, 5.41) is 10.5. The molecule has 0 aromatic carbocycles. The average molecular weight is 306 g/mol. The van der Waals surface area contributed by atoms with E-state index in [9.17, 15) is 13.5 Å². The molecule has 120 valence electrons. The van der Waals surface area contributed by atoms with Crippen LogP contribution < -0.4 is 4.72 Å². The first-order chi connectivity index (χ1) is 9.43. The molecule has 0 aliphatic heterocycles. The SMILES string of the molecule is CCCN(CCC)S(=O)(=O)NCC1(O)CCCCCC1. The fraction of sp³-hybridized carbons (Fsp3) is 1.00. The molecule has 0 radical (unpaired) electrons. The zero-order chi connectivity index (χ0) is 15.1. The number of nitrogens with zero attached hydrogens (tertiary/aromatic N) is 1. The van der Waals surface area contributed by atoms with Crippen LogP contribution in [0.15, 0.2) is 0 Å². The lowest BCUT2D eigenvalue weighted by Gasteiger charge is -2.29. The standard InChI is InChI=1S/C14H30N2O3S/c1-3-11-16(12-4-2)20(18,19)15-13-14(17)9-7-5-6-8-10-14/h15,17H,3-13H2,1-2H3. The molecule has 0 heterocycles. The predicted molar refractivity (Wildman–Crippen MR) is 81.7 cm³/mol. The van der Waals surface area contributed by atoms with Crippen molar-refractivity contribution in [1.82, 2.24) is 9.03 Å². The minimum atomic E-state index is -3.47. The topological polar surface area (TPSA) is 69.6 Å². The van der Waals surface area contributed by atoms with Gasteiger partial charge in [0.2, 0.25) is 0 Å². The minimum Gasteiger partial charge on any atom is -0.389 e. The Kier molecular flexibility index (Phi) is 7.43. The van der Waals surface area contributed by atoms with Gasteiger partial charge in [0.15, 0.2) is 0 Å². The number of nitrogens with one attached hydrogen (secondary N) is 1. The van der Waals surface area contributed by atoms with Crippen molar-refractivity contribution >= 4 is 10.2 Å². The zero-order valence-electron chi connectivity index (χ0n) is 12.9. The van der Waals surface area contributed by atoms with E-state index in [0.29, 0.717) is 25.9 Å². The van der Waals surface area contributed by atoms with Crippen molar-refractivity contribution in [2.24, 2.45) is 0 Å². The molecule has 1 aliphatic rings. The third kappa shape index (κ3) is 5.68. The van der Waals surface area contributed by atoms with Gasteiger partial charge >= 0.3 is 0 Å². The highest BCUT2D eigenvalue weighted by atomic mass is 32.2. The largest absolute Gasteiger partial charge is 0.389 e. The average Bonchev–Trinajstić information content (AvgIpc) is 2.62. The monoisotopic (exact) mass is 306 g/mol. The molecule has 0 saturated heterocycles. The first-order valence-electron chi connectivity index (χ1n) is 7.90. The summed E-state index contributed by atoms with van der Waals surface area (Å²) < 4.78 is 28.7. The predicted octanol–water partition coefficient (Wildman–Crippen LogP) is 2.03. The van der Waals surface area contributed by atoms with Gasteiger partial charge in [0, 0.05) is 19.6 Å². The molecule has 0 unspecified atom stereocenters. The van der Waals surface area contributed by atoms with Gasteiger partial charge in [0.25, 0.3) is 10.2 Å². The van der Waals surface area contributed by atoms with Gasteiger partial charge in [-0.25, -0.2) is 0 Å². The van der Waals surface area contributed by atoms with Crippen molar-refractivity contribution in [1.29, 1.82) is 0 Å². The van der Waals surface area contributed by atoms with Crippen molar-refractivity contribution < 1.29 is 13.5 Å². The Balaban J connectivity index is 2.60. The molecule has 2 N–H and O–H groups in total. The Morgan fingerprint density at radius 3 is 2.00 bits per heavy atom. The molecular weight excluding hydrogens is 276 g/mol. The number of aliphatic hydroxyl groups is 1. The summed E-state index contributed by atoms with van der Waals surface area (Å²) in [5.41, 5.74) is -0.867. The molecule has 0 amide bonds. The Labute approximate surface area is 123 Å². The summed E-state index contributed by atoms with van der Waals surface area (Å²) in [6.45, 7) is 5.14. The summed E-state index contributed by atoms with van der Waals surface area (Å²) in [5.74, 6) is 0. The normalized spacial score (nSPS) is 20.0. The molecule has 5 nitrogen and oxygen atoms in total. The number of hydrogen-bond acceptors (Lipinski definition) is 3. The molecule has 0 bridgehead atoms.